The van der Waals surface area contributed by atoms with E-state index < -0.39 is 0 Å². The second-order valence-corrected chi connectivity index (χ2v) is 3.77. The molecule has 6 heteroatoms. The predicted molar refractivity (Wildman–Crippen MR) is 63.5 cm³/mol. The smallest absolute Gasteiger partial charge is 0.0769 e. The number of nitrogens with zero attached hydrogens (tertiary/aromatic N) is 1. The molecule has 2 N–H and O–H groups in total. The van der Waals surface area contributed by atoms with Crippen molar-refractivity contribution in [1.29, 1.82) is 0 Å². The number of aliphatic imine (C=N–C) groups is 1. The number of rotatable bonds is 3. The van der Waals surface area contributed by atoms with Gasteiger partial charge in [0.15, 0.2) is 0 Å². The van der Waals surface area contributed by atoms with E-state index in [0.29, 0.717) is 15.7 Å². The van der Waals surface area contributed by atoms with Gasteiger partial charge in [-0.15, -0.1) is 0 Å². The number of hydrogen-bond acceptors (Lipinski definition) is 3. The molecule has 80 valence electrons. The van der Waals surface area contributed by atoms with Crippen LogP contribution < -0.4 is 5.48 Å². The Morgan fingerprint density at radius 3 is 2.67 bits per heavy atom. The van der Waals surface area contributed by atoms with Gasteiger partial charge in [-0.25, -0.2) is 0 Å². The molecule has 1 rings (SSSR count). The maximum atomic E-state index is 8.30. The van der Waals surface area contributed by atoms with Gasteiger partial charge in [-0.2, -0.15) is 0 Å². The SMILES string of the molecule is ON/C=C(\Cl)C=Nc1ccc(Cl)c(Cl)c1. The van der Waals surface area contributed by atoms with E-state index in [1.165, 1.54) is 12.4 Å². The molecule has 0 heterocycles. The van der Waals surface area contributed by atoms with E-state index in [-0.39, 0.29) is 5.03 Å². The second kappa shape index (κ2) is 5.98. The van der Waals surface area contributed by atoms with Crippen molar-refractivity contribution >= 4 is 46.7 Å². The van der Waals surface area contributed by atoms with Crippen molar-refractivity contribution in [3.8, 4) is 0 Å². The van der Waals surface area contributed by atoms with Crippen LogP contribution in [0, 0.1) is 0 Å². The van der Waals surface area contributed by atoms with Gasteiger partial charge in [0.05, 0.1) is 20.8 Å². The quantitative estimate of drug-likeness (QED) is 0.646. The van der Waals surface area contributed by atoms with Gasteiger partial charge >= 0.3 is 0 Å². The van der Waals surface area contributed by atoms with Gasteiger partial charge in [0.25, 0.3) is 0 Å². The fourth-order valence-electron chi connectivity index (χ4n) is 0.800. The van der Waals surface area contributed by atoms with E-state index in [0.717, 1.165) is 0 Å². The highest BCUT2D eigenvalue weighted by atomic mass is 35.5. The Balaban J connectivity index is 2.81. The first kappa shape index (κ1) is 12.3. The molecule has 0 atom stereocenters. The molecule has 15 heavy (non-hydrogen) atoms. The van der Waals surface area contributed by atoms with Crippen molar-refractivity contribution < 1.29 is 5.21 Å². The van der Waals surface area contributed by atoms with Gasteiger partial charge in [-0.1, -0.05) is 34.8 Å². The number of benzene rings is 1. The summed E-state index contributed by atoms with van der Waals surface area (Å²) in [5.41, 5.74) is 2.41. The summed E-state index contributed by atoms with van der Waals surface area (Å²) in [7, 11) is 0. The Labute approximate surface area is 102 Å². The fraction of sp³-hybridized carbons (Fsp3) is 0. The molecule has 0 aliphatic heterocycles. The zero-order chi connectivity index (χ0) is 11.3. The maximum absolute atomic E-state index is 8.30. The van der Waals surface area contributed by atoms with Crippen molar-refractivity contribution in [2.75, 3.05) is 0 Å². The molecular weight excluding hydrogens is 258 g/mol. The first-order valence-corrected chi connectivity index (χ1v) is 5.01. The third-order valence-corrected chi connectivity index (χ3v) is 2.39. The summed E-state index contributed by atoms with van der Waals surface area (Å²) in [5.74, 6) is 0. The van der Waals surface area contributed by atoms with Gasteiger partial charge < -0.3 is 0 Å². The third-order valence-electron chi connectivity index (χ3n) is 1.44. The topological polar surface area (TPSA) is 44.6 Å². The van der Waals surface area contributed by atoms with Crippen molar-refractivity contribution in [2.24, 2.45) is 4.99 Å². The lowest BCUT2D eigenvalue weighted by atomic mass is 10.3. The molecule has 0 fully saturated rings. The van der Waals surface area contributed by atoms with Crippen molar-refractivity contribution in [3.63, 3.8) is 0 Å². The molecule has 0 bridgehead atoms. The molecule has 1 aromatic rings. The second-order valence-electron chi connectivity index (χ2n) is 2.51. The minimum atomic E-state index is 0.253. The van der Waals surface area contributed by atoms with Gasteiger partial charge in [-0.05, 0) is 18.2 Å². The monoisotopic (exact) mass is 264 g/mol. The predicted octanol–water partition coefficient (Wildman–Crippen LogP) is 3.75. The fourth-order valence-corrected chi connectivity index (χ4v) is 1.19. The molecule has 0 radical (unpaired) electrons. The zero-order valence-corrected chi connectivity index (χ0v) is 9.68. The van der Waals surface area contributed by atoms with Crippen LogP contribution in [0.15, 0.2) is 34.4 Å². The Bertz CT molecular complexity index is 404. The lowest BCUT2D eigenvalue weighted by Gasteiger charge is -1.96. The molecule has 1 aromatic carbocycles. The molecule has 0 amide bonds. The molecule has 0 aliphatic rings. The van der Waals surface area contributed by atoms with E-state index in [9.17, 15) is 0 Å². The summed E-state index contributed by atoms with van der Waals surface area (Å²) in [6.07, 6.45) is 2.55. The number of nitrogens with one attached hydrogen (secondary N) is 1. The molecule has 0 aliphatic carbocycles. The molecule has 0 unspecified atom stereocenters. The highest BCUT2D eigenvalue weighted by molar-refractivity contribution is 6.42. The first-order valence-electron chi connectivity index (χ1n) is 3.88. The number of hydroxylamine groups is 1. The molecular formula is C9H7Cl3N2O. The summed E-state index contributed by atoms with van der Waals surface area (Å²) in [6, 6.07) is 4.94. The van der Waals surface area contributed by atoms with Crippen molar-refractivity contribution in [1.82, 2.24) is 5.48 Å². The van der Waals surface area contributed by atoms with Gasteiger partial charge in [-0.3, -0.25) is 15.7 Å². The van der Waals surface area contributed by atoms with E-state index >= 15 is 0 Å². The van der Waals surface area contributed by atoms with E-state index in [1.54, 1.807) is 23.7 Å². The zero-order valence-electron chi connectivity index (χ0n) is 7.42. The first-order chi connectivity index (χ1) is 7.13. The maximum Gasteiger partial charge on any atom is 0.0769 e. The average molecular weight is 266 g/mol. The number of hydrogen-bond donors (Lipinski definition) is 2. The van der Waals surface area contributed by atoms with Gasteiger partial charge in [0.2, 0.25) is 0 Å². The van der Waals surface area contributed by atoms with Crippen LogP contribution in [-0.4, -0.2) is 11.4 Å². The largest absolute Gasteiger partial charge is 0.292 e. The van der Waals surface area contributed by atoms with Crippen LogP contribution in [0.3, 0.4) is 0 Å². The van der Waals surface area contributed by atoms with Gasteiger partial charge in [0, 0.05) is 12.4 Å². The molecule has 0 spiro atoms. The lowest BCUT2D eigenvalue weighted by molar-refractivity contribution is 0.214. The Morgan fingerprint density at radius 2 is 2.07 bits per heavy atom. The lowest BCUT2D eigenvalue weighted by Crippen LogP contribution is -1.94. The average Bonchev–Trinajstić information content (AvgIpc) is 2.20. The Hall–Kier alpha value is -0.740. The van der Waals surface area contributed by atoms with Crippen LogP contribution in [0.1, 0.15) is 0 Å². The Kier molecular flexibility index (Phi) is 4.91. The van der Waals surface area contributed by atoms with Crippen LogP contribution in [-0.2, 0) is 0 Å². The highest BCUT2D eigenvalue weighted by Crippen LogP contribution is 2.26. The molecule has 0 saturated carbocycles. The third kappa shape index (κ3) is 4.10. The van der Waals surface area contributed by atoms with E-state index in [2.05, 4.69) is 4.99 Å². The van der Waals surface area contributed by atoms with Crippen LogP contribution in [0.2, 0.25) is 10.0 Å². The van der Waals surface area contributed by atoms with E-state index in [1.807, 2.05) is 0 Å². The Morgan fingerprint density at radius 1 is 1.33 bits per heavy atom. The summed E-state index contributed by atoms with van der Waals surface area (Å²) < 4.78 is 0. The van der Waals surface area contributed by atoms with Crippen LogP contribution in [0.25, 0.3) is 0 Å². The molecule has 3 nitrogen and oxygen atoms in total. The normalized spacial score (nSPS) is 12.1. The van der Waals surface area contributed by atoms with Crippen molar-refractivity contribution in [2.45, 2.75) is 0 Å². The number of allylic oxidation sites excluding steroid dienone is 1. The van der Waals surface area contributed by atoms with Crippen LogP contribution >= 0.6 is 34.8 Å². The van der Waals surface area contributed by atoms with Crippen molar-refractivity contribution in [3.05, 3.63) is 39.5 Å². The highest BCUT2D eigenvalue weighted by Gasteiger charge is 1.97. The minimum Gasteiger partial charge on any atom is -0.292 e. The summed E-state index contributed by atoms with van der Waals surface area (Å²) >= 11 is 17.1. The summed E-state index contributed by atoms with van der Waals surface area (Å²) in [5, 5.41) is 9.45. The van der Waals surface area contributed by atoms with E-state index in [4.69, 9.17) is 40.0 Å². The van der Waals surface area contributed by atoms with Crippen LogP contribution in [0.4, 0.5) is 5.69 Å². The molecule has 0 saturated heterocycles. The van der Waals surface area contributed by atoms with Crippen LogP contribution in [0.5, 0.6) is 0 Å². The standard InChI is InChI=1S/C9H7Cl3N2O/c10-6(5-14-15)4-13-7-1-2-8(11)9(12)3-7/h1-5,14-15H/b6-5-,13-4?. The van der Waals surface area contributed by atoms with Gasteiger partial charge in [0.1, 0.15) is 0 Å². The minimum absolute atomic E-state index is 0.253. The summed E-state index contributed by atoms with van der Waals surface area (Å²) in [6.45, 7) is 0. The summed E-state index contributed by atoms with van der Waals surface area (Å²) in [4.78, 5) is 4.01. The molecule has 0 aromatic heterocycles. The number of halogens is 3.